The van der Waals surface area contributed by atoms with E-state index in [1.165, 1.54) is 5.56 Å². The third kappa shape index (κ3) is 3.81. The highest BCUT2D eigenvalue weighted by molar-refractivity contribution is 6.04. The van der Waals surface area contributed by atoms with Gasteiger partial charge in [-0.15, -0.1) is 10.2 Å². The lowest BCUT2D eigenvalue weighted by Gasteiger charge is -2.07. The summed E-state index contributed by atoms with van der Waals surface area (Å²) in [4.78, 5) is 4.71. The van der Waals surface area contributed by atoms with E-state index in [9.17, 15) is 0 Å². The molecule has 0 bridgehead atoms. The van der Waals surface area contributed by atoms with Gasteiger partial charge in [-0.25, -0.2) is 5.43 Å². The summed E-state index contributed by atoms with van der Waals surface area (Å²) in [6.07, 6.45) is 1.70. The third-order valence-electron chi connectivity index (χ3n) is 5.05. The van der Waals surface area contributed by atoms with Crippen LogP contribution in [-0.2, 0) is 6.54 Å². The molecule has 0 atom stereocenters. The Bertz CT molecular complexity index is 1360. The maximum atomic E-state index is 5.17. The molecule has 152 valence electrons. The average Bonchev–Trinajstić information content (AvgIpc) is 3.13. The number of fused-ring (bicyclic) bond motifs is 3. The Morgan fingerprint density at radius 2 is 1.71 bits per heavy atom. The molecule has 5 rings (SSSR count). The van der Waals surface area contributed by atoms with Crippen molar-refractivity contribution in [1.82, 2.24) is 19.7 Å². The van der Waals surface area contributed by atoms with Crippen LogP contribution >= 0.6 is 0 Å². The van der Waals surface area contributed by atoms with Gasteiger partial charge >= 0.3 is 0 Å². The molecular formula is C24H20N6O. The molecule has 0 amide bonds. The van der Waals surface area contributed by atoms with E-state index in [1.807, 2.05) is 60.7 Å². The molecule has 0 saturated carbocycles. The van der Waals surface area contributed by atoms with Gasteiger partial charge in [0.05, 0.1) is 18.8 Å². The predicted molar refractivity (Wildman–Crippen MR) is 123 cm³/mol. The molecule has 0 aliphatic rings. The third-order valence-corrected chi connectivity index (χ3v) is 5.05. The molecule has 0 unspecified atom stereocenters. The van der Waals surface area contributed by atoms with Gasteiger partial charge in [-0.05, 0) is 41.5 Å². The molecule has 1 N–H and O–H groups in total. The Kier molecular flexibility index (Phi) is 4.98. The van der Waals surface area contributed by atoms with E-state index in [2.05, 4.69) is 43.5 Å². The van der Waals surface area contributed by atoms with Crippen molar-refractivity contribution in [2.45, 2.75) is 6.54 Å². The minimum Gasteiger partial charge on any atom is -0.497 e. The molecule has 2 heterocycles. The molecular weight excluding hydrogens is 388 g/mol. The van der Waals surface area contributed by atoms with Gasteiger partial charge in [0.15, 0.2) is 5.65 Å². The zero-order valence-electron chi connectivity index (χ0n) is 16.9. The van der Waals surface area contributed by atoms with E-state index in [0.29, 0.717) is 12.5 Å². The fraction of sp³-hybridized carbons (Fsp3) is 0.0833. The number of aromatic nitrogens is 4. The standard InChI is InChI=1S/C24H20N6O/c1-31-19-13-11-17(12-14-19)15-25-28-24-26-23-22(27-29-24)20-9-5-6-10-21(20)30(23)16-18-7-3-2-4-8-18/h2-15H,16H2,1H3,(H,26,28,29)/b25-15+. The van der Waals surface area contributed by atoms with Crippen LogP contribution < -0.4 is 10.2 Å². The predicted octanol–water partition coefficient (Wildman–Crippen LogP) is 4.48. The molecule has 2 aromatic heterocycles. The van der Waals surface area contributed by atoms with Gasteiger partial charge in [-0.1, -0.05) is 48.5 Å². The van der Waals surface area contributed by atoms with Gasteiger partial charge in [-0.2, -0.15) is 10.1 Å². The van der Waals surface area contributed by atoms with E-state index < -0.39 is 0 Å². The second-order valence-corrected chi connectivity index (χ2v) is 7.04. The van der Waals surface area contributed by atoms with Crippen molar-refractivity contribution < 1.29 is 4.74 Å². The molecule has 3 aromatic carbocycles. The maximum absolute atomic E-state index is 5.17. The number of hydrogen-bond acceptors (Lipinski definition) is 6. The Labute approximate surface area is 179 Å². The number of benzene rings is 3. The Hall–Kier alpha value is -4.26. The summed E-state index contributed by atoms with van der Waals surface area (Å²) in [5.74, 6) is 1.14. The lowest BCUT2D eigenvalue weighted by Crippen LogP contribution is -2.04. The minimum atomic E-state index is 0.342. The van der Waals surface area contributed by atoms with Crippen LogP contribution in [0.1, 0.15) is 11.1 Å². The maximum Gasteiger partial charge on any atom is 0.265 e. The van der Waals surface area contributed by atoms with Crippen LogP contribution in [0.15, 0.2) is 84.0 Å². The molecule has 5 aromatic rings. The van der Waals surface area contributed by atoms with Crippen LogP contribution in [0.4, 0.5) is 5.95 Å². The molecule has 0 spiro atoms. The number of nitrogens with zero attached hydrogens (tertiary/aromatic N) is 5. The van der Waals surface area contributed by atoms with Crippen molar-refractivity contribution in [2.24, 2.45) is 5.10 Å². The average molecular weight is 408 g/mol. The number of rotatable bonds is 6. The fourth-order valence-corrected chi connectivity index (χ4v) is 3.53. The van der Waals surface area contributed by atoms with Crippen molar-refractivity contribution >= 4 is 34.2 Å². The summed E-state index contributed by atoms with van der Waals surface area (Å²) in [6.45, 7) is 0.693. The highest BCUT2D eigenvalue weighted by Crippen LogP contribution is 2.27. The highest BCUT2D eigenvalue weighted by Gasteiger charge is 2.14. The second kappa shape index (κ2) is 8.23. The van der Waals surface area contributed by atoms with E-state index in [4.69, 9.17) is 9.72 Å². The number of anilines is 1. The van der Waals surface area contributed by atoms with Crippen molar-refractivity contribution in [3.05, 3.63) is 90.0 Å². The Morgan fingerprint density at radius 3 is 2.52 bits per heavy atom. The number of nitrogens with one attached hydrogen (secondary N) is 1. The number of hydrazone groups is 1. The first-order valence-electron chi connectivity index (χ1n) is 9.90. The van der Waals surface area contributed by atoms with Gasteiger partial charge < -0.3 is 9.30 Å². The molecule has 0 aliphatic heterocycles. The first-order chi connectivity index (χ1) is 15.3. The van der Waals surface area contributed by atoms with Gasteiger partial charge in [0.1, 0.15) is 11.3 Å². The van der Waals surface area contributed by atoms with E-state index in [0.717, 1.165) is 33.4 Å². The smallest absolute Gasteiger partial charge is 0.265 e. The summed E-state index contributed by atoms with van der Waals surface area (Å²) in [7, 11) is 1.64. The lowest BCUT2D eigenvalue weighted by molar-refractivity contribution is 0.415. The monoisotopic (exact) mass is 408 g/mol. The largest absolute Gasteiger partial charge is 0.497 e. The van der Waals surface area contributed by atoms with Crippen molar-refractivity contribution in [2.75, 3.05) is 12.5 Å². The quantitative estimate of drug-likeness (QED) is 0.331. The van der Waals surface area contributed by atoms with Gasteiger partial charge in [0.2, 0.25) is 0 Å². The van der Waals surface area contributed by atoms with Crippen molar-refractivity contribution in [3.8, 4) is 5.75 Å². The first kappa shape index (κ1) is 18.7. The van der Waals surface area contributed by atoms with E-state index in [1.54, 1.807) is 13.3 Å². The van der Waals surface area contributed by atoms with Crippen molar-refractivity contribution in [3.63, 3.8) is 0 Å². The summed E-state index contributed by atoms with van der Waals surface area (Å²) in [5.41, 5.74) is 7.62. The molecule has 7 nitrogen and oxygen atoms in total. The molecule has 31 heavy (non-hydrogen) atoms. The molecule has 0 fully saturated rings. The first-order valence-corrected chi connectivity index (χ1v) is 9.90. The number of ether oxygens (including phenoxy) is 1. The summed E-state index contributed by atoms with van der Waals surface area (Å²) in [6, 6.07) is 26.1. The van der Waals surface area contributed by atoms with Gasteiger partial charge in [0.25, 0.3) is 5.95 Å². The molecule has 7 heteroatoms. The van der Waals surface area contributed by atoms with Crippen molar-refractivity contribution in [1.29, 1.82) is 0 Å². The van der Waals surface area contributed by atoms with Gasteiger partial charge in [-0.3, -0.25) is 0 Å². The SMILES string of the molecule is COc1ccc(/C=N/Nc2nnc3c4ccccc4n(Cc4ccccc4)c3n2)cc1. The molecule has 0 saturated heterocycles. The van der Waals surface area contributed by atoms with Crippen LogP contribution in [-0.4, -0.2) is 33.1 Å². The molecule has 0 aliphatic carbocycles. The number of methoxy groups -OCH3 is 1. The van der Waals surface area contributed by atoms with Crippen LogP contribution in [0.5, 0.6) is 5.75 Å². The summed E-state index contributed by atoms with van der Waals surface area (Å²) in [5, 5.41) is 13.9. The summed E-state index contributed by atoms with van der Waals surface area (Å²) >= 11 is 0. The topological polar surface area (TPSA) is 77.2 Å². The van der Waals surface area contributed by atoms with E-state index in [-0.39, 0.29) is 0 Å². The number of hydrogen-bond donors (Lipinski definition) is 1. The number of para-hydroxylation sites is 1. The van der Waals surface area contributed by atoms with Crippen LogP contribution in [0.25, 0.3) is 22.1 Å². The summed E-state index contributed by atoms with van der Waals surface area (Å²) < 4.78 is 7.33. The Morgan fingerprint density at radius 1 is 0.935 bits per heavy atom. The second-order valence-electron chi connectivity index (χ2n) is 7.04. The van der Waals surface area contributed by atoms with Crippen LogP contribution in [0, 0.1) is 0 Å². The lowest BCUT2D eigenvalue weighted by atomic mass is 10.2. The highest BCUT2D eigenvalue weighted by atomic mass is 16.5. The van der Waals surface area contributed by atoms with Crippen LogP contribution in [0.3, 0.4) is 0 Å². The molecule has 0 radical (unpaired) electrons. The van der Waals surface area contributed by atoms with Crippen LogP contribution in [0.2, 0.25) is 0 Å². The fourth-order valence-electron chi connectivity index (χ4n) is 3.53. The zero-order chi connectivity index (χ0) is 21.0. The Balaban J connectivity index is 1.48. The zero-order valence-corrected chi connectivity index (χ0v) is 16.9. The normalized spacial score (nSPS) is 11.4. The van der Waals surface area contributed by atoms with E-state index >= 15 is 0 Å². The van der Waals surface area contributed by atoms with Gasteiger partial charge in [0, 0.05) is 11.9 Å². The minimum absolute atomic E-state index is 0.342.